The number of imide groups is 3. The van der Waals surface area contributed by atoms with E-state index >= 15 is 0 Å². The van der Waals surface area contributed by atoms with Gasteiger partial charge in [0, 0.05) is 86.4 Å². The number of halogens is 1. The van der Waals surface area contributed by atoms with Gasteiger partial charge in [-0.15, -0.1) is 34.0 Å². The number of nitrogens with one attached hydrogen (secondary N) is 6. The zero-order valence-corrected chi connectivity index (χ0v) is 52.8. The fraction of sp³-hybridized carbons (Fsp3) is 0.239. The molecule has 7 aromatic rings. The Morgan fingerprint density at radius 3 is 1.06 bits per heavy atom. The minimum atomic E-state index is -0.838. The highest BCUT2D eigenvalue weighted by Gasteiger charge is 2.44. The number of piperidine rings is 3. The first kappa shape index (κ1) is 65.6. The van der Waals surface area contributed by atoms with Crippen LogP contribution in [-0.4, -0.2) is 121 Å². The first-order valence-corrected chi connectivity index (χ1v) is 32.4. The van der Waals surface area contributed by atoms with E-state index in [9.17, 15) is 76.3 Å². The lowest BCUT2D eigenvalue weighted by atomic mass is 10.0. The summed E-state index contributed by atoms with van der Waals surface area (Å²) in [5.74, 6) is -8.12. The third kappa shape index (κ3) is 14.2. The number of carbonyl (C=O) groups excluding carboxylic acids is 15. The molecular formula is C67H56FN9O15S3. The van der Waals surface area contributed by atoms with Crippen LogP contribution >= 0.6 is 34.0 Å². The zero-order chi connectivity index (χ0) is 67.4. The number of aryl methyl sites for hydroxylation is 1. The first-order valence-electron chi connectivity index (χ1n) is 29.8. The van der Waals surface area contributed by atoms with Crippen molar-refractivity contribution in [1.29, 1.82) is 0 Å². The van der Waals surface area contributed by atoms with Crippen LogP contribution in [-0.2, 0) is 82.4 Å². The molecule has 0 radical (unpaired) electrons. The van der Waals surface area contributed by atoms with Gasteiger partial charge in [-0.3, -0.25) is 87.9 Å². The molecule has 0 saturated carbocycles. The third-order valence-corrected chi connectivity index (χ3v) is 19.8. The zero-order valence-electron chi connectivity index (χ0n) is 50.3. The summed E-state index contributed by atoms with van der Waals surface area (Å²) in [5.41, 5.74) is 7.27. The van der Waals surface area contributed by atoms with E-state index in [2.05, 4.69) is 31.9 Å². The summed E-state index contributed by atoms with van der Waals surface area (Å²) in [5, 5.41) is 19.7. The molecule has 3 unspecified atom stereocenters. The Hall–Kier alpha value is -10.8. The monoisotopic (exact) mass is 1340 g/mol. The second-order valence-electron chi connectivity index (χ2n) is 22.7. The molecule has 28 heteroatoms. The van der Waals surface area contributed by atoms with Crippen molar-refractivity contribution in [1.82, 2.24) is 46.6 Å². The second kappa shape index (κ2) is 28.2. The molecule has 3 aromatic heterocycles. The van der Waals surface area contributed by atoms with Gasteiger partial charge in [-0.1, -0.05) is 84.4 Å². The lowest BCUT2D eigenvalue weighted by Gasteiger charge is -2.29. The quantitative estimate of drug-likeness (QED) is 0.0415. The van der Waals surface area contributed by atoms with Crippen molar-refractivity contribution in [2.45, 2.75) is 103 Å². The van der Waals surface area contributed by atoms with Gasteiger partial charge in [0.15, 0.2) is 0 Å². The predicted molar refractivity (Wildman–Crippen MR) is 339 cm³/mol. The van der Waals surface area contributed by atoms with E-state index in [1.54, 1.807) is 64.7 Å². The normalized spacial score (nSPS) is 17.9. The Bertz CT molecular complexity index is 4200. The summed E-state index contributed by atoms with van der Waals surface area (Å²) >= 11 is 3.93. The number of Topliss-reactive ketones (excluding diaryl/α,β-unsaturated/α-hetero) is 3. The number of thiophene rings is 3. The van der Waals surface area contributed by atoms with Gasteiger partial charge in [0.25, 0.3) is 35.4 Å². The van der Waals surface area contributed by atoms with Crippen molar-refractivity contribution in [3.63, 3.8) is 0 Å². The van der Waals surface area contributed by atoms with Crippen molar-refractivity contribution in [3.05, 3.63) is 195 Å². The van der Waals surface area contributed by atoms with Crippen molar-refractivity contribution >= 4 is 122 Å². The molecule has 0 aliphatic carbocycles. The maximum atomic E-state index is 13.0. The van der Waals surface area contributed by atoms with Crippen LogP contribution in [0.5, 0.6) is 0 Å². The second-order valence-corrected chi connectivity index (χ2v) is 25.6. The highest BCUT2D eigenvalue weighted by Crippen LogP contribution is 2.37. The predicted octanol–water partition coefficient (Wildman–Crippen LogP) is 5.14. The molecule has 24 nitrogen and oxygen atoms in total. The summed E-state index contributed by atoms with van der Waals surface area (Å²) in [7, 11) is 0. The van der Waals surface area contributed by atoms with Gasteiger partial charge < -0.3 is 30.7 Å². The number of hydrogen-bond donors (Lipinski definition) is 6. The van der Waals surface area contributed by atoms with Gasteiger partial charge in [-0.05, 0) is 78.3 Å². The van der Waals surface area contributed by atoms with E-state index in [0.29, 0.717) is 39.1 Å². The minimum Gasteiger partial charge on any atom is -0.344 e. The summed E-state index contributed by atoms with van der Waals surface area (Å²) in [4.78, 5) is 189. The number of hydrogen-bond acceptors (Lipinski definition) is 18. The van der Waals surface area contributed by atoms with Crippen molar-refractivity contribution < 1.29 is 76.3 Å². The Labute approximate surface area is 551 Å². The fourth-order valence-corrected chi connectivity index (χ4v) is 14.4. The van der Waals surface area contributed by atoms with Gasteiger partial charge in [0.05, 0.1) is 36.3 Å². The molecule has 6 N–H and O–H groups in total. The molecule has 0 bridgehead atoms. The van der Waals surface area contributed by atoms with Crippen LogP contribution in [0.1, 0.15) is 138 Å². The molecule has 484 valence electrons. The Morgan fingerprint density at radius 1 is 0.432 bits per heavy atom. The lowest BCUT2D eigenvalue weighted by molar-refractivity contribution is -0.138. The highest BCUT2D eigenvalue weighted by atomic mass is 32.1. The Morgan fingerprint density at radius 2 is 0.737 bits per heavy atom. The number of rotatable bonds is 16. The summed E-state index contributed by atoms with van der Waals surface area (Å²) in [6.07, 6.45) is 1.39. The van der Waals surface area contributed by atoms with Crippen LogP contribution in [0.3, 0.4) is 0 Å². The van der Waals surface area contributed by atoms with E-state index in [1.165, 1.54) is 60.8 Å². The molecule has 3 saturated heterocycles. The number of fused-ring (bicyclic) bond motifs is 3. The van der Waals surface area contributed by atoms with E-state index in [1.807, 2.05) is 37.3 Å². The molecule has 13 rings (SSSR count). The van der Waals surface area contributed by atoms with Gasteiger partial charge in [0.2, 0.25) is 52.8 Å². The van der Waals surface area contributed by atoms with Gasteiger partial charge in [0.1, 0.15) is 23.9 Å². The van der Waals surface area contributed by atoms with E-state index in [0.717, 1.165) is 49.7 Å². The van der Waals surface area contributed by atoms with Crippen LogP contribution in [0.4, 0.5) is 4.39 Å². The van der Waals surface area contributed by atoms with Gasteiger partial charge >= 0.3 is 0 Å². The molecular weight excluding hydrogens is 1290 g/mol. The van der Waals surface area contributed by atoms with Crippen molar-refractivity contribution in [2.75, 3.05) is 0 Å². The van der Waals surface area contributed by atoms with Crippen LogP contribution in [0.15, 0.2) is 119 Å². The molecule has 12 amide bonds. The number of amides is 12. The third-order valence-electron chi connectivity index (χ3n) is 16.7. The molecule has 9 heterocycles. The molecule has 95 heavy (non-hydrogen) atoms. The molecule has 3 atom stereocenters. The minimum absolute atomic E-state index is 0.0439. The molecule has 6 aliphatic heterocycles. The highest BCUT2D eigenvalue weighted by molar-refractivity contribution is 7.11. The van der Waals surface area contributed by atoms with E-state index < -0.39 is 76.7 Å². The lowest BCUT2D eigenvalue weighted by Crippen LogP contribution is -2.52. The number of benzene rings is 4. The molecule has 6 aliphatic rings. The number of carbonyl (C=O) groups is 15. The van der Waals surface area contributed by atoms with E-state index in [4.69, 9.17) is 0 Å². The maximum absolute atomic E-state index is 13.0. The van der Waals surface area contributed by atoms with Crippen molar-refractivity contribution in [3.8, 4) is 11.1 Å². The first-order chi connectivity index (χ1) is 45.6. The maximum Gasteiger partial charge on any atom is 0.292 e. The summed E-state index contributed by atoms with van der Waals surface area (Å²) < 4.78 is 13.0. The molecule has 3 fully saturated rings. The van der Waals surface area contributed by atoms with Crippen LogP contribution in [0.25, 0.3) is 11.1 Å². The molecule has 4 aromatic carbocycles. The van der Waals surface area contributed by atoms with Crippen LogP contribution in [0, 0.1) is 12.7 Å². The average molecular weight is 1340 g/mol. The average Bonchev–Trinajstić information content (AvgIpc) is 1.65. The topological polar surface area (TPSA) is 338 Å². The number of nitrogens with zero attached hydrogens (tertiary/aromatic N) is 3. The Balaban J connectivity index is 0.000000146. The van der Waals surface area contributed by atoms with Crippen molar-refractivity contribution in [2.24, 2.45) is 0 Å². The van der Waals surface area contributed by atoms with Gasteiger partial charge in [-0.2, -0.15) is 0 Å². The molecule has 0 spiro atoms. The van der Waals surface area contributed by atoms with Gasteiger partial charge in [-0.25, -0.2) is 4.39 Å². The summed E-state index contributed by atoms with van der Waals surface area (Å²) in [6, 6.07) is 25.9. The fourth-order valence-electron chi connectivity index (χ4n) is 11.5. The largest absolute Gasteiger partial charge is 0.344 e. The SMILES string of the molecule is Cc1ccc(C(=O)C(=O)NCc2scc3c2CN(C2CCC(=O)NC2=O)C3=O)cc1.O=C1CCC(N2Cc3c(csc3CNC(=O)C(=O)c3ccc(-c4ccccc4)cc3)C2=O)C(=O)N1.O=C1CCC(N2Cc3c(csc3CNC(=O)C(=O)c3ccc(F)cc3)C2=O)C(=O)N1. The number of ketones is 3. The standard InChI is InChI=1S/C26H21N3O5S.C21H19N3O5S.C20H16FN3O5S/c30-22-11-10-20(24(32)28-22)29-13-18-19(26(29)34)14-35-21(18)12-27-25(33)23(31)17-8-6-16(7-9-17)15-4-2-1-3-5-15;1-11-2-4-12(5-3-11)18(26)20(28)22-8-16-13-9-24(21(29)14(13)10-30-16)15-6-7-17(25)23-19(15)27;21-11-3-1-10(2-4-11)17(26)19(28)22-7-15-12-8-24(20(29)13(12)9-30-15)14-5-6-16(25)23-18(14)27/h1-9,14,20H,10-13H2,(H,27,33)(H,28,30,32);2-5,10,15H,6-9H2,1H3,(H,22,28)(H,23,25,27);1-4,9,14H,5-8H2,(H,22,28)(H,23,25,27). The van der Waals surface area contributed by atoms with E-state index in [-0.39, 0.29) is 118 Å². The van der Waals surface area contributed by atoms with Crippen LogP contribution < -0.4 is 31.9 Å². The summed E-state index contributed by atoms with van der Waals surface area (Å²) in [6.45, 7) is 2.82. The Kier molecular flexibility index (Phi) is 19.5. The smallest absolute Gasteiger partial charge is 0.292 e. The van der Waals surface area contributed by atoms with Crippen LogP contribution in [0.2, 0.25) is 0 Å².